The molecule has 33 heavy (non-hydrogen) atoms. The topological polar surface area (TPSA) is 67.9 Å². The zero-order valence-electron chi connectivity index (χ0n) is 18.9. The SMILES string of the molecule is C=CCCC(=O)N(Cc1ccccc1)c1ccccc1C(=O)Nc1cc(OC)ccc1OC. The van der Waals surface area contributed by atoms with Gasteiger partial charge in [-0.05, 0) is 36.2 Å². The number of carbonyl (C=O) groups excluding carboxylic acids is 2. The van der Waals surface area contributed by atoms with Crippen LogP contribution in [0.5, 0.6) is 11.5 Å². The van der Waals surface area contributed by atoms with Gasteiger partial charge in [0, 0.05) is 12.5 Å². The van der Waals surface area contributed by atoms with Gasteiger partial charge in [-0.15, -0.1) is 6.58 Å². The van der Waals surface area contributed by atoms with Crippen molar-refractivity contribution in [3.05, 3.63) is 96.6 Å². The highest BCUT2D eigenvalue weighted by atomic mass is 16.5. The summed E-state index contributed by atoms with van der Waals surface area (Å²) in [5.41, 5.74) is 2.36. The minimum absolute atomic E-state index is 0.0852. The first kappa shape index (κ1) is 23.6. The number of hydrogen-bond donors (Lipinski definition) is 1. The van der Waals surface area contributed by atoms with Crippen LogP contribution in [0, 0.1) is 0 Å². The van der Waals surface area contributed by atoms with Gasteiger partial charge in [-0.1, -0.05) is 48.5 Å². The van der Waals surface area contributed by atoms with Crippen LogP contribution in [0.15, 0.2) is 85.5 Å². The number of nitrogens with one attached hydrogen (secondary N) is 1. The molecule has 0 saturated carbocycles. The summed E-state index contributed by atoms with van der Waals surface area (Å²) in [7, 11) is 3.09. The minimum atomic E-state index is -0.355. The van der Waals surface area contributed by atoms with Gasteiger partial charge in [0.1, 0.15) is 11.5 Å². The number of methoxy groups -OCH3 is 2. The molecule has 0 aliphatic carbocycles. The molecule has 6 heteroatoms. The van der Waals surface area contributed by atoms with Crippen molar-refractivity contribution in [2.45, 2.75) is 19.4 Å². The minimum Gasteiger partial charge on any atom is -0.497 e. The van der Waals surface area contributed by atoms with E-state index < -0.39 is 0 Å². The Balaban J connectivity index is 1.97. The third-order valence-electron chi connectivity index (χ3n) is 5.14. The maximum absolute atomic E-state index is 13.3. The van der Waals surface area contributed by atoms with Crippen molar-refractivity contribution in [2.75, 3.05) is 24.4 Å². The summed E-state index contributed by atoms with van der Waals surface area (Å²) in [6, 6.07) is 21.9. The molecule has 2 amide bonds. The van der Waals surface area contributed by atoms with Crippen molar-refractivity contribution >= 4 is 23.2 Å². The lowest BCUT2D eigenvalue weighted by Crippen LogP contribution is -2.32. The maximum atomic E-state index is 13.3. The third kappa shape index (κ3) is 6.01. The Morgan fingerprint density at radius 1 is 0.970 bits per heavy atom. The van der Waals surface area contributed by atoms with Crippen LogP contribution in [-0.4, -0.2) is 26.0 Å². The summed E-state index contributed by atoms with van der Waals surface area (Å²) in [4.78, 5) is 28.1. The number of anilines is 2. The number of rotatable bonds is 10. The van der Waals surface area contributed by atoms with Crippen LogP contribution in [0.4, 0.5) is 11.4 Å². The molecule has 170 valence electrons. The molecule has 0 fully saturated rings. The van der Waals surface area contributed by atoms with Crippen molar-refractivity contribution in [3.63, 3.8) is 0 Å². The van der Waals surface area contributed by atoms with Gasteiger partial charge in [0.25, 0.3) is 5.91 Å². The predicted octanol–water partition coefficient (Wildman–Crippen LogP) is 5.46. The fraction of sp³-hybridized carbons (Fsp3) is 0.185. The normalized spacial score (nSPS) is 10.2. The molecule has 3 aromatic rings. The van der Waals surface area contributed by atoms with Crippen molar-refractivity contribution in [2.24, 2.45) is 0 Å². The fourth-order valence-corrected chi connectivity index (χ4v) is 3.44. The monoisotopic (exact) mass is 444 g/mol. The summed E-state index contributed by atoms with van der Waals surface area (Å²) < 4.78 is 10.6. The van der Waals surface area contributed by atoms with Crippen LogP contribution in [0.25, 0.3) is 0 Å². The fourth-order valence-electron chi connectivity index (χ4n) is 3.44. The van der Waals surface area contributed by atoms with Crippen LogP contribution >= 0.6 is 0 Å². The molecule has 0 heterocycles. The van der Waals surface area contributed by atoms with Gasteiger partial charge < -0.3 is 19.7 Å². The van der Waals surface area contributed by atoms with E-state index in [0.29, 0.717) is 47.8 Å². The maximum Gasteiger partial charge on any atom is 0.257 e. The number of amides is 2. The molecule has 3 rings (SSSR count). The lowest BCUT2D eigenvalue weighted by atomic mass is 10.1. The van der Waals surface area contributed by atoms with Gasteiger partial charge in [0.2, 0.25) is 5.91 Å². The lowest BCUT2D eigenvalue weighted by Gasteiger charge is -2.25. The van der Waals surface area contributed by atoms with E-state index in [4.69, 9.17) is 9.47 Å². The quantitative estimate of drug-likeness (QED) is 0.422. The molecule has 0 aliphatic rings. The Labute approximate surface area is 194 Å². The molecule has 6 nitrogen and oxygen atoms in total. The summed E-state index contributed by atoms with van der Waals surface area (Å²) in [6.45, 7) is 4.07. The first-order valence-corrected chi connectivity index (χ1v) is 10.6. The Morgan fingerprint density at radius 3 is 2.39 bits per heavy atom. The molecule has 3 aromatic carbocycles. The Bertz CT molecular complexity index is 1110. The van der Waals surface area contributed by atoms with Gasteiger partial charge in [-0.3, -0.25) is 9.59 Å². The van der Waals surface area contributed by atoms with Gasteiger partial charge in [-0.2, -0.15) is 0 Å². The molecule has 0 aliphatic heterocycles. The standard InChI is InChI=1S/C27H28N2O4/c1-4-5-15-26(30)29(19-20-11-7-6-8-12-20)24-14-10-9-13-22(24)27(31)28-23-18-21(32-2)16-17-25(23)33-3/h4,6-14,16-18H,1,5,15,19H2,2-3H3,(H,28,31). The smallest absolute Gasteiger partial charge is 0.257 e. The van der Waals surface area contributed by atoms with Crippen molar-refractivity contribution < 1.29 is 19.1 Å². The summed E-state index contributed by atoms with van der Waals surface area (Å²) >= 11 is 0. The molecular formula is C27H28N2O4. The largest absolute Gasteiger partial charge is 0.497 e. The van der Waals surface area contributed by atoms with Gasteiger partial charge in [0.05, 0.1) is 37.7 Å². The van der Waals surface area contributed by atoms with Crippen LogP contribution < -0.4 is 19.7 Å². The summed E-state index contributed by atoms with van der Waals surface area (Å²) in [5.74, 6) is 0.652. The van der Waals surface area contributed by atoms with Crippen LogP contribution in [0.2, 0.25) is 0 Å². The molecule has 0 atom stereocenters. The lowest BCUT2D eigenvalue weighted by molar-refractivity contribution is -0.118. The molecular weight excluding hydrogens is 416 g/mol. The highest BCUT2D eigenvalue weighted by Gasteiger charge is 2.22. The van der Waals surface area contributed by atoms with Gasteiger partial charge in [-0.25, -0.2) is 0 Å². The van der Waals surface area contributed by atoms with E-state index in [-0.39, 0.29) is 11.8 Å². The first-order valence-electron chi connectivity index (χ1n) is 10.6. The number of ether oxygens (including phenoxy) is 2. The van der Waals surface area contributed by atoms with E-state index in [1.807, 2.05) is 36.4 Å². The van der Waals surface area contributed by atoms with Gasteiger partial charge in [0.15, 0.2) is 0 Å². The van der Waals surface area contributed by atoms with E-state index in [1.165, 1.54) is 7.11 Å². The third-order valence-corrected chi connectivity index (χ3v) is 5.14. The predicted molar refractivity (Wildman–Crippen MR) is 131 cm³/mol. The second-order valence-electron chi connectivity index (χ2n) is 7.33. The van der Waals surface area contributed by atoms with Crippen molar-refractivity contribution in [1.29, 1.82) is 0 Å². The summed E-state index contributed by atoms with van der Waals surface area (Å²) in [6.07, 6.45) is 2.57. The highest BCUT2D eigenvalue weighted by Crippen LogP contribution is 2.31. The average Bonchev–Trinajstić information content (AvgIpc) is 2.86. The van der Waals surface area contributed by atoms with E-state index in [1.54, 1.807) is 54.5 Å². The van der Waals surface area contributed by atoms with Crippen LogP contribution in [0.1, 0.15) is 28.8 Å². The molecule has 0 aromatic heterocycles. The number of para-hydroxylation sites is 1. The highest BCUT2D eigenvalue weighted by molar-refractivity contribution is 6.11. The Kier molecular flexibility index (Phi) is 8.24. The molecule has 0 unspecified atom stereocenters. The molecule has 0 radical (unpaired) electrons. The average molecular weight is 445 g/mol. The molecule has 1 N–H and O–H groups in total. The number of allylic oxidation sites excluding steroid dienone is 1. The number of hydrogen-bond acceptors (Lipinski definition) is 4. The van der Waals surface area contributed by atoms with Gasteiger partial charge >= 0.3 is 0 Å². The van der Waals surface area contributed by atoms with E-state index in [2.05, 4.69) is 11.9 Å². The molecule has 0 bridgehead atoms. The van der Waals surface area contributed by atoms with Crippen molar-refractivity contribution in [3.8, 4) is 11.5 Å². The number of nitrogens with zero attached hydrogens (tertiary/aromatic N) is 1. The first-order chi connectivity index (χ1) is 16.1. The van der Waals surface area contributed by atoms with Crippen LogP contribution in [0.3, 0.4) is 0 Å². The second kappa shape index (κ2) is 11.5. The van der Waals surface area contributed by atoms with E-state index in [0.717, 1.165) is 5.56 Å². The van der Waals surface area contributed by atoms with Crippen LogP contribution in [-0.2, 0) is 11.3 Å². The number of benzene rings is 3. The Hall–Kier alpha value is -4.06. The Morgan fingerprint density at radius 2 is 1.70 bits per heavy atom. The second-order valence-corrected chi connectivity index (χ2v) is 7.33. The molecule has 0 saturated heterocycles. The molecule has 0 spiro atoms. The number of carbonyl (C=O) groups is 2. The van der Waals surface area contributed by atoms with E-state index >= 15 is 0 Å². The zero-order chi connectivity index (χ0) is 23.6. The van der Waals surface area contributed by atoms with E-state index in [9.17, 15) is 9.59 Å². The van der Waals surface area contributed by atoms with Crippen molar-refractivity contribution in [1.82, 2.24) is 0 Å². The zero-order valence-corrected chi connectivity index (χ0v) is 18.9. The summed E-state index contributed by atoms with van der Waals surface area (Å²) in [5, 5.41) is 2.90.